The lowest BCUT2D eigenvalue weighted by Crippen LogP contribution is -2.41. The van der Waals surface area contributed by atoms with E-state index in [1.807, 2.05) is 49.4 Å². The average molecular weight is 358 g/mol. The molecule has 5 heteroatoms. The minimum atomic E-state index is -0.332. The number of rotatable bonds is 4. The van der Waals surface area contributed by atoms with Crippen molar-refractivity contribution >= 4 is 22.4 Å². The molecular weight excluding hydrogens is 336 g/mol. The van der Waals surface area contributed by atoms with Crippen LogP contribution in [0.15, 0.2) is 77.9 Å². The predicted octanol–water partition coefficient (Wildman–Crippen LogP) is 3.29. The van der Waals surface area contributed by atoms with Crippen molar-refractivity contribution in [2.45, 2.75) is 25.4 Å². The summed E-state index contributed by atoms with van der Waals surface area (Å²) in [5.41, 5.74) is 12.0. The van der Waals surface area contributed by atoms with Gasteiger partial charge < -0.3 is 0 Å². The molecule has 3 N–H and O–H groups in total. The molecule has 0 spiro atoms. The second-order valence-corrected chi connectivity index (χ2v) is 6.74. The van der Waals surface area contributed by atoms with Crippen LogP contribution in [-0.4, -0.2) is 17.7 Å². The van der Waals surface area contributed by atoms with Crippen molar-refractivity contribution in [1.82, 2.24) is 16.3 Å². The largest absolute Gasteiger partial charge is 0.271 e. The van der Waals surface area contributed by atoms with Gasteiger partial charge in [0.25, 0.3) is 5.91 Å². The molecule has 136 valence electrons. The van der Waals surface area contributed by atoms with Crippen molar-refractivity contribution in [2.75, 3.05) is 0 Å². The highest BCUT2D eigenvalue weighted by atomic mass is 16.2. The third-order valence-corrected chi connectivity index (χ3v) is 4.94. The predicted molar refractivity (Wildman–Crippen MR) is 108 cm³/mol. The summed E-state index contributed by atoms with van der Waals surface area (Å²) in [5.74, 6) is -0.138. The summed E-state index contributed by atoms with van der Waals surface area (Å²) in [6.07, 6.45) is 0.666. The number of fused-ring (bicyclic) bond motifs is 1. The van der Waals surface area contributed by atoms with Gasteiger partial charge in [-0.05, 0) is 35.2 Å². The first-order valence-electron chi connectivity index (χ1n) is 9.10. The van der Waals surface area contributed by atoms with Crippen LogP contribution in [0.4, 0.5) is 0 Å². The molecule has 1 fully saturated rings. The van der Waals surface area contributed by atoms with Gasteiger partial charge in [0.1, 0.15) is 6.04 Å². The number of carbonyl (C=O) groups excluding carboxylic acids is 1. The van der Waals surface area contributed by atoms with Gasteiger partial charge in [0, 0.05) is 6.04 Å². The molecule has 3 aromatic carbocycles. The lowest BCUT2D eigenvalue weighted by molar-refractivity contribution is -0.122. The van der Waals surface area contributed by atoms with E-state index in [0.717, 1.165) is 11.3 Å². The van der Waals surface area contributed by atoms with Gasteiger partial charge in [-0.3, -0.25) is 4.79 Å². The van der Waals surface area contributed by atoms with Gasteiger partial charge in [-0.2, -0.15) is 5.10 Å². The van der Waals surface area contributed by atoms with E-state index in [4.69, 9.17) is 0 Å². The van der Waals surface area contributed by atoms with Crippen LogP contribution < -0.4 is 16.3 Å². The molecule has 2 unspecified atom stereocenters. The van der Waals surface area contributed by atoms with Gasteiger partial charge in [-0.15, -0.1) is 0 Å². The number of hydrazine groups is 1. The highest BCUT2D eigenvalue weighted by molar-refractivity contribution is 5.99. The Kier molecular flexibility index (Phi) is 4.96. The second-order valence-electron chi connectivity index (χ2n) is 6.74. The third-order valence-electron chi connectivity index (χ3n) is 4.94. The Morgan fingerprint density at radius 2 is 1.70 bits per heavy atom. The molecule has 0 aromatic heterocycles. The Labute approximate surface area is 158 Å². The van der Waals surface area contributed by atoms with E-state index in [9.17, 15) is 4.79 Å². The van der Waals surface area contributed by atoms with Crippen LogP contribution in [0.5, 0.6) is 0 Å². The van der Waals surface area contributed by atoms with Crippen LogP contribution in [0.2, 0.25) is 0 Å². The maximum atomic E-state index is 12.5. The number of hydrazone groups is 1. The quantitative estimate of drug-likeness (QED) is 0.495. The highest BCUT2D eigenvalue weighted by Gasteiger charge is 2.30. The molecular formula is C22H22N4O. The summed E-state index contributed by atoms with van der Waals surface area (Å²) >= 11 is 0. The van der Waals surface area contributed by atoms with Crippen LogP contribution in [0, 0.1) is 0 Å². The van der Waals surface area contributed by atoms with Crippen LogP contribution in [0.3, 0.4) is 0 Å². The van der Waals surface area contributed by atoms with E-state index in [2.05, 4.69) is 51.7 Å². The number of nitrogens with zero attached hydrogens (tertiary/aromatic N) is 1. The molecule has 1 aliphatic heterocycles. The molecule has 0 aliphatic carbocycles. The lowest BCUT2D eigenvalue weighted by Gasteiger charge is -2.13. The number of benzene rings is 3. The average Bonchev–Trinajstić information content (AvgIpc) is 3.22. The van der Waals surface area contributed by atoms with Crippen LogP contribution >= 0.6 is 0 Å². The van der Waals surface area contributed by atoms with Crippen LogP contribution in [0.25, 0.3) is 10.8 Å². The van der Waals surface area contributed by atoms with E-state index in [1.165, 1.54) is 16.3 Å². The fraction of sp³-hybridized carbons (Fsp3) is 0.182. The molecule has 0 saturated carbocycles. The molecule has 4 rings (SSSR count). The third kappa shape index (κ3) is 3.74. The summed E-state index contributed by atoms with van der Waals surface area (Å²) in [4.78, 5) is 12.5. The number of amides is 1. The van der Waals surface area contributed by atoms with E-state index >= 15 is 0 Å². The fourth-order valence-electron chi connectivity index (χ4n) is 3.45. The van der Waals surface area contributed by atoms with Crippen molar-refractivity contribution in [3.63, 3.8) is 0 Å². The Hall–Kier alpha value is -3.02. The van der Waals surface area contributed by atoms with Crippen LogP contribution in [0.1, 0.15) is 30.5 Å². The number of carbonyl (C=O) groups is 1. The Balaban J connectivity index is 1.44. The molecule has 0 radical (unpaired) electrons. The van der Waals surface area contributed by atoms with Gasteiger partial charge in [-0.25, -0.2) is 16.3 Å². The Bertz CT molecular complexity index is 979. The summed E-state index contributed by atoms with van der Waals surface area (Å²) in [6.45, 7) is 1.88. The van der Waals surface area contributed by atoms with Crippen LogP contribution in [-0.2, 0) is 4.79 Å². The van der Waals surface area contributed by atoms with Gasteiger partial charge >= 0.3 is 0 Å². The second kappa shape index (κ2) is 7.70. The van der Waals surface area contributed by atoms with E-state index in [-0.39, 0.29) is 18.0 Å². The van der Waals surface area contributed by atoms with Crippen molar-refractivity contribution in [1.29, 1.82) is 0 Å². The normalized spacial score (nSPS) is 20.0. The molecule has 1 heterocycles. The molecule has 1 saturated heterocycles. The van der Waals surface area contributed by atoms with Crippen molar-refractivity contribution in [3.05, 3.63) is 83.9 Å². The van der Waals surface area contributed by atoms with Gasteiger partial charge in [-0.1, -0.05) is 72.8 Å². The number of hydrogen-bond acceptors (Lipinski definition) is 4. The van der Waals surface area contributed by atoms with E-state index in [0.29, 0.717) is 6.42 Å². The zero-order chi connectivity index (χ0) is 18.6. The van der Waals surface area contributed by atoms with Gasteiger partial charge in [0.15, 0.2) is 0 Å². The zero-order valence-electron chi connectivity index (χ0n) is 15.1. The summed E-state index contributed by atoms with van der Waals surface area (Å²) in [5, 5.41) is 6.64. The van der Waals surface area contributed by atoms with Crippen molar-refractivity contribution in [3.8, 4) is 0 Å². The van der Waals surface area contributed by atoms with E-state index < -0.39 is 0 Å². The first-order valence-corrected chi connectivity index (χ1v) is 9.10. The molecule has 2 atom stereocenters. The lowest BCUT2D eigenvalue weighted by atomic mass is 9.96. The van der Waals surface area contributed by atoms with Crippen molar-refractivity contribution in [2.24, 2.45) is 5.10 Å². The minimum Gasteiger partial charge on any atom is -0.271 e. The monoisotopic (exact) mass is 358 g/mol. The first-order chi connectivity index (χ1) is 13.2. The summed E-state index contributed by atoms with van der Waals surface area (Å²) < 4.78 is 0. The zero-order valence-corrected chi connectivity index (χ0v) is 15.1. The van der Waals surface area contributed by atoms with Crippen molar-refractivity contribution < 1.29 is 4.79 Å². The van der Waals surface area contributed by atoms with Gasteiger partial charge in [0.05, 0.1) is 5.71 Å². The van der Waals surface area contributed by atoms with Gasteiger partial charge in [0.2, 0.25) is 0 Å². The number of nitrogens with one attached hydrogen (secondary N) is 3. The summed E-state index contributed by atoms with van der Waals surface area (Å²) in [6, 6.07) is 24.1. The maximum absolute atomic E-state index is 12.5. The molecule has 5 nitrogen and oxygen atoms in total. The van der Waals surface area contributed by atoms with E-state index in [1.54, 1.807) is 0 Å². The smallest absolute Gasteiger partial charge is 0.258 e. The summed E-state index contributed by atoms with van der Waals surface area (Å²) in [7, 11) is 0. The molecule has 1 amide bonds. The molecule has 1 aliphatic rings. The first kappa shape index (κ1) is 17.4. The SMILES string of the molecule is C/C(=N/NC(=O)C1CC(c2cccc3ccccc23)NN1)c1ccccc1. The topological polar surface area (TPSA) is 65.5 Å². The minimum absolute atomic E-state index is 0.0750. The molecule has 3 aromatic rings. The fourth-order valence-corrected chi connectivity index (χ4v) is 3.45. The molecule has 27 heavy (non-hydrogen) atoms. The molecule has 0 bridgehead atoms. The Morgan fingerprint density at radius 1 is 0.963 bits per heavy atom. The Morgan fingerprint density at radius 3 is 2.56 bits per heavy atom. The number of hydrogen-bond donors (Lipinski definition) is 3. The maximum Gasteiger partial charge on any atom is 0.258 e. The standard InChI is InChI=1S/C22H22N4O/c1-15(16-8-3-2-4-9-16)23-26-22(27)21-14-20(24-25-21)19-13-7-11-17-10-5-6-12-18(17)19/h2-13,20-21,24-25H,14H2,1H3,(H,26,27)/b23-15-. The highest BCUT2D eigenvalue weighted by Crippen LogP contribution is 2.29.